The van der Waals surface area contributed by atoms with E-state index in [2.05, 4.69) is 12.2 Å². The number of nitrogens with one attached hydrogen (secondary N) is 1. The molecule has 1 aromatic rings. The number of unbranched alkanes of at least 4 members (excludes halogenated alkanes) is 6. The van der Waals surface area contributed by atoms with E-state index in [1.165, 1.54) is 51.4 Å². The molecule has 0 bridgehead atoms. The summed E-state index contributed by atoms with van der Waals surface area (Å²) in [6.45, 7) is 2.26. The van der Waals surface area contributed by atoms with Crippen LogP contribution in [0.1, 0.15) is 63.9 Å². The highest BCUT2D eigenvalue weighted by Crippen LogP contribution is 2.23. The van der Waals surface area contributed by atoms with Crippen LogP contribution in [0.4, 0.5) is 0 Å². The molecule has 1 unspecified atom stereocenters. The van der Waals surface area contributed by atoms with Crippen LogP contribution in [0.25, 0.3) is 0 Å². The van der Waals surface area contributed by atoms with E-state index in [1.54, 1.807) is 0 Å². The molecule has 1 nitrogen and oxygen atoms in total. The van der Waals surface area contributed by atoms with Crippen LogP contribution in [0.2, 0.25) is 10.0 Å². The van der Waals surface area contributed by atoms with E-state index < -0.39 is 0 Å². The molecular formula is C18H29Cl2N. The van der Waals surface area contributed by atoms with Crippen LogP contribution in [-0.4, -0.2) is 13.1 Å². The van der Waals surface area contributed by atoms with Crippen molar-refractivity contribution in [2.24, 2.45) is 0 Å². The first kappa shape index (κ1) is 18.8. The van der Waals surface area contributed by atoms with E-state index >= 15 is 0 Å². The number of hydrogen-bond acceptors (Lipinski definition) is 1. The molecule has 21 heavy (non-hydrogen) atoms. The van der Waals surface area contributed by atoms with Crippen molar-refractivity contribution < 1.29 is 0 Å². The third-order valence-corrected chi connectivity index (χ3v) is 4.64. The maximum Gasteiger partial charge on any atom is 0.0439 e. The molecule has 0 aliphatic rings. The quantitative estimate of drug-likeness (QED) is 0.472. The van der Waals surface area contributed by atoms with Gasteiger partial charge in [0.25, 0.3) is 0 Å². The Balaban J connectivity index is 2.27. The van der Waals surface area contributed by atoms with Crippen molar-refractivity contribution in [1.82, 2.24) is 5.32 Å². The van der Waals surface area contributed by atoms with E-state index in [9.17, 15) is 0 Å². The molecule has 0 saturated heterocycles. The Bertz CT molecular complexity index is 393. The second-order valence-electron chi connectivity index (χ2n) is 5.84. The van der Waals surface area contributed by atoms with E-state index in [1.807, 2.05) is 25.2 Å². The lowest BCUT2D eigenvalue weighted by atomic mass is 9.99. The number of hydrogen-bond donors (Lipinski definition) is 1. The molecule has 0 aromatic heterocycles. The van der Waals surface area contributed by atoms with Gasteiger partial charge in [-0.15, -0.1) is 0 Å². The van der Waals surface area contributed by atoms with Gasteiger partial charge in [-0.3, -0.25) is 0 Å². The molecule has 120 valence electrons. The summed E-state index contributed by atoms with van der Waals surface area (Å²) in [7, 11) is 2.03. The second-order valence-corrected chi connectivity index (χ2v) is 6.68. The zero-order valence-corrected chi connectivity index (χ0v) is 14.9. The zero-order valence-electron chi connectivity index (χ0n) is 13.4. The van der Waals surface area contributed by atoms with Crippen LogP contribution in [0.5, 0.6) is 0 Å². The van der Waals surface area contributed by atoms with Gasteiger partial charge in [-0.25, -0.2) is 0 Å². The highest BCUT2D eigenvalue weighted by atomic mass is 35.5. The van der Waals surface area contributed by atoms with Gasteiger partial charge >= 0.3 is 0 Å². The minimum atomic E-state index is 0.483. The molecule has 0 amide bonds. The molecule has 1 atom stereocenters. The van der Waals surface area contributed by atoms with Gasteiger partial charge < -0.3 is 5.32 Å². The largest absolute Gasteiger partial charge is 0.317 e. The predicted molar refractivity (Wildman–Crippen MR) is 95.6 cm³/mol. The molecular weight excluding hydrogens is 301 g/mol. The summed E-state index contributed by atoms with van der Waals surface area (Å²) < 4.78 is 0. The Hall–Kier alpha value is -0.240. The molecule has 0 aliphatic heterocycles. The van der Waals surface area contributed by atoms with Crippen LogP contribution in [0.15, 0.2) is 18.2 Å². The lowest BCUT2D eigenvalue weighted by molar-refractivity contribution is 0.478. The molecule has 1 N–H and O–H groups in total. The molecule has 0 saturated carbocycles. The van der Waals surface area contributed by atoms with Gasteiger partial charge in [0, 0.05) is 16.1 Å². The normalized spacial score (nSPS) is 12.6. The van der Waals surface area contributed by atoms with Crippen molar-refractivity contribution in [3.05, 3.63) is 33.8 Å². The first-order valence-corrected chi connectivity index (χ1v) is 9.04. The van der Waals surface area contributed by atoms with Crippen LogP contribution in [0.3, 0.4) is 0 Å². The number of likely N-dealkylation sites (N-methyl/N-ethyl adjacent to an activating group) is 1. The van der Waals surface area contributed by atoms with Gasteiger partial charge in [-0.1, -0.05) is 75.1 Å². The summed E-state index contributed by atoms with van der Waals surface area (Å²) in [6.07, 6.45) is 11.6. The van der Waals surface area contributed by atoms with Crippen molar-refractivity contribution in [3.8, 4) is 0 Å². The summed E-state index contributed by atoms with van der Waals surface area (Å²) in [5, 5.41) is 4.99. The SMILES string of the molecule is CCCCCCCCCC(Cc1cc(Cl)ccc1Cl)NC. The molecule has 3 heteroatoms. The summed E-state index contributed by atoms with van der Waals surface area (Å²) >= 11 is 12.3. The summed E-state index contributed by atoms with van der Waals surface area (Å²) in [4.78, 5) is 0. The van der Waals surface area contributed by atoms with E-state index in [-0.39, 0.29) is 0 Å². The average Bonchev–Trinajstić information content (AvgIpc) is 2.48. The fourth-order valence-electron chi connectivity index (χ4n) is 2.66. The Morgan fingerprint density at radius 2 is 1.67 bits per heavy atom. The maximum atomic E-state index is 6.24. The van der Waals surface area contributed by atoms with E-state index in [0.29, 0.717) is 6.04 Å². The fraction of sp³-hybridized carbons (Fsp3) is 0.667. The van der Waals surface area contributed by atoms with Crippen LogP contribution >= 0.6 is 23.2 Å². The topological polar surface area (TPSA) is 12.0 Å². The Labute approximate surface area is 140 Å². The lowest BCUT2D eigenvalue weighted by Crippen LogP contribution is -2.27. The number of halogens is 2. The predicted octanol–water partition coefficient (Wildman–Crippen LogP) is 6.26. The second kappa shape index (κ2) is 11.3. The summed E-state index contributed by atoms with van der Waals surface area (Å²) in [6, 6.07) is 6.20. The van der Waals surface area contributed by atoms with Crippen LogP contribution < -0.4 is 5.32 Å². The van der Waals surface area contributed by atoms with Crippen molar-refractivity contribution in [2.45, 2.75) is 70.8 Å². The minimum Gasteiger partial charge on any atom is -0.317 e. The first-order valence-electron chi connectivity index (χ1n) is 8.28. The van der Waals surface area contributed by atoms with Gasteiger partial charge in [0.1, 0.15) is 0 Å². The first-order chi connectivity index (χ1) is 10.2. The standard InChI is InChI=1S/C18H29Cl2N/c1-3-4-5-6-7-8-9-10-17(21-2)14-15-13-16(19)11-12-18(15)20/h11-13,17,21H,3-10,14H2,1-2H3. The van der Waals surface area contributed by atoms with Crippen molar-refractivity contribution >= 4 is 23.2 Å². The molecule has 0 heterocycles. The van der Waals surface area contributed by atoms with Gasteiger partial charge in [0.15, 0.2) is 0 Å². The maximum absolute atomic E-state index is 6.24. The van der Waals surface area contributed by atoms with Gasteiger partial charge in [0.05, 0.1) is 0 Å². The minimum absolute atomic E-state index is 0.483. The molecule has 1 rings (SSSR count). The molecule has 0 spiro atoms. The third kappa shape index (κ3) is 8.09. The molecule has 1 aromatic carbocycles. The van der Waals surface area contributed by atoms with Gasteiger partial charge in [-0.2, -0.15) is 0 Å². The Kier molecular flexibility index (Phi) is 10.2. The molecule has 0 fully saturated rings. The van der Waals surface area contributed by atoms with Crippen molar-refractivity contribution in [3.63, 3.8) is 0 Å². The average molecular weight is 330 g/mol. The Morgan fingerprint density at radius 1 is 1.00 bits per heavy atom. The van der Waals surface area contributed by atoms with Crippen LogP contribution in [0, 0.1) is 0 Å². The highest BCUT2D eigenvalue weighted by Gasteiger charge is 2.10. The monoisotopic (exact) mass is 329 g/mol. The van der Waals surface area contributed by atoms with E-state index in [4.69, 9.17) is 23.2 Å². The van der Waals surface area contributed by atoms with Crippen LogP contribution in [-0.2, 0) is 6.42 Å². The highest BCUT2D eigenvalue weighted by molar-refractivity contribution is 6.33. The summed E-state index contributed by atoms with van der Waals surface area (Å²) in [5.74, 6) is 0. The lowest BCUT2D eigenvalue weighted by Gasteiger charge is -2.17. The van der Waals surface area contributed by atoms with Crippen molar-refractivity contribution in [1.29, 1.82) is 0 Å². The van der Waals surface area contributed by atoms with Gasteiger partial charge in [-0.05, 0) is 43.7 Å². The van der Waals surface area contributed by atoms with E-state index in [0.717, 1.165) is 22.0 Å². The van der Waals surface area contributed by atoms with Crippen molar-refractivity contribution in [2.75, 3.05) is 7.05 Å². The number of rotatable bonds is 11. The number of benzene rings is 1. The fourth-order valence-corrected chi connectivity index (χ4v) is 3.05. The zero-order chi connectivity index (χ0) is 15.5. The van der Waals surface area contributed by atoms with Gasteiger partial charge in [0.2, 0.25) is 0 Å². The molecule has 0 aliphatic carbocycles. The third-order valence-electron chi connectivity index (χ3n) is 4.04. The summed E-state index contributed by atoms with van der Waals surface area (Å²) in [5.41, 5.74) is 1.14. The smallest absolute Gasteiger partial charge is 0.0439 e. The Morgan fingerprint density at radius 3 is 2.33 bits per heavy atom. The molecule has 0 radical (unpaired) electrons.